The SMILES string of the molecule is CCC(=O)N(c1ccc(Cl)cc1)[C@H]1C[C@@H](C(F)(F)F)N(C(=O)c2ccco2)c2ccc(OC)cc21.CCC(N)=O. The highest BCUT2D eigenvalue weighted by atomic mass is 35.5. The quantitative estimate of drug-likeness (QED) is 0.369. The number of furan rings is 1. The average molecular weight is 580 g/mol. The number of methoxy groups -OCH3 is 1. The fraction of sp³-hybridized carbons (Fsp3) is 0.321. The van der Waals surface area contributed by atoms with Crippen LogP contribution in [0.5, 0.6) is 5.75 Å². The van der Waals surface area contributed by atoms with Gasteiger partial charge in [-0.15, -0.1) is 0 Å². The van der Waals surface area contributed by atoms with Crippen LogP contribution in [0.15, 0.2) is 65.3 Å². The largest absolute Gasteiger partial charge is 0.497 e. The second-order valence-electron chi connectivity index (χ2n) is 8.80. The maximum absolute atomic E-state index is 14.4. The van der Waals surface area contributed by atoms with Crippen molar-refractivity contribution in [3.05, 3.63) is 77.2 Å². The summed E-state index contributed by atoms with van der Waals surface area (Å²) in [4.78, 5) is 37.9. The molecule has 3 aromatic rings. The van der Waals surface area contributed by atoms with Crippen molar-refractivity contribution in [2.75, 3.05) is 16.9 Å². The van der Waals surface area contributed by atoms with E-state index in [1.807, 2.05) is 0 Å². The van der Waals surface area contributed by atoms with Gasteiger partial charge < -0.3 is 19.8 Å². The van der Waals surface area contributed by atoms with Crippen LogP contribution in [0.4, 0.5) is 24.5 Å². The number of anilines is 2. The molecule has 0 aliphatic carbocycles. The number of benzene rings is 2. The monoisotopic (exact) mass is 579 g/mol. The minimum absolute atomic E-state index is 0.0219. The molecule has 214 valence electrons. The van der Waals surface area contributed by atoms with Gasteiger partial charge in [0.1, 0.15) is 11.8 Å². The van der Waals surface area contributed by atoms with Gasteiger partial charge in [0.05, 0.1) is 25.1 Å². The van der Waals surface area contributed by atoms with E-state index in [-0.39, 0.29) is 29.7 Å². The summed E-state index contributed by atoms with van der Waals surface area (Å²) in [6.45, 7) is 3.36. The number of rotatable bonds is 6. The van der Waals surface area contributed by atoms with Crippen LogP contribution in [-0.2, 0) is 9.59 Å². The summed E-state index contributed by atoms with van der Waals surface area (Å²) in [5, 5.41) is 0.423. The molecule has 8 nitrogen and oxygen atoms in total. The van der Waals surface area contributed by atoms with E-state index in [4.69, 9.17) is 20.8 Å². The predicted molar refractivity (Wildman–Crippen MR) is 144 cm³/mol. The van der Waals surface area contributed by atoms with Crippen LogP contribution < -0.4 is 20.3 Å². The molecule has 0 saturated carbocycles. The van der Waals surface area contributed by atoms with Gasteiger partial charge in [-0.3, -0.25) is 19.3 Å². The van der Waals surface area contributed by atoms with Gasteiger partial charge in [-0.05, 0) is 54.6 Å². The Morgan fingerprint density at radius 1 is 1.10 bits per heavy atom. The Labute approximate surface area is 234 Å². The van der Waals surface area contributed by atoms with Gasteiger partial charge >= 0.3 is 6.18 Å². The molecule has 2 atom stereocenters. The van der Waals surface area contributed by atoms with Gasteiger partial charge in [-0.2, -0.15) is 13.2 Å². The number of halogens is 4. The lowest BCUT2D eigenvalue weighted by atomic mass is 9.88. The van der Waals surface area contributed by atoms with Crippen LogP contribution in [-0.4, -0.2) is 37.0 Å². The van der Waals surface area contributed by atoms with E-state index >= 15 is 0 Å². The number of nitrogens with zero attached hydrogens (tertiary/aromatic N) is 2. The Hall–Kier alpha value is -3.99. The van der Waals surface area contributed by atoms with Crippen molar-refractivity contribution in [3.8, 4) is 5.75 Å². The Balaban J connectivity index is 0.000000810. The Bertz CT molecular complexity index is 1330. The topological polar surface area (TPSA) is 106 Å². The Kier molecular flexibility index (Phi) is 9.86. The normalized spacial score (nSPS) is 16.3. The zero-order valence-electron chi connectivity index (χ0n) is 22.1. The number of hydrogen-bond acceptors (Lipinski definition) is 5. The van der Waals surface area contributed by atoms with Crippen molar-refractivity contribution in [1.29, 1.82) is 0 Å². The molecule has 2 heterocycles. The van der Waals surface area contributed by atoms with Gasteiger partial charge in [0.15, 0.2) is 5.76 Å². The predicted octanol–water partition coefficient (Wildman–Crippen LogP) is 6.29. The lowest BCUT2D eigenvalue weighted by Crippen LogP contribution is -2.54. The standard InChI is InChI=1S/C25H22ClF3N2O4.C3H7NO/c1-3-23(32)30(16-8-6-15(26)7-9-16)20-14-22(25(27,28)29)31(24(33)21-5-4-12-35-21)19-11-10-17(34-2)13-18(19)20;1-2-3(4)5/h4-13,20,22H,3,14H2,1-2H3;2H2,1H3,(H2,4,5)/t20-,22-;/m0./s1. The molecule has 40 heavy (non-hydrogen) atoms. The molecule has 0 radical (unpaired) electrons. The van der Waals surface area contributed by atoms with Crippen molar-refractivity contribution in [1.82, 2.24) is 0 Å². The molecule has 0 spiro atoms. The van der Waals surface area contributed by atoms with Crippen molar-refractivity contribution in [3.63, 3.8) is 0 Å². The number of fused-ring (bicyclic) bond motifs is 1. The van der Waals surface area contributed by atoms with Crippen molar-refractivity contribution in [2.24, 2.45) is 5.73 Å². The van der Waals surface area contributed by atoms with E-state index in [2.05, 4.69) is 5.73 Å². The number of carbonyl (C=O) groups excluding carboxylic acids is 3. The number of primary amides is 1. The fourth-order valence-corrected chi connectivity index (χ4v) is 4.45. The third-order valence-corrected chi connectivity index (χ3v) is 6.53. The number of nitrogens with two attached hydrogens (primary N) is 1. The van der Waals surface area contributed by atoms with Crippen molar-refractivity contribution in [2.45, 2.75) is 51.4 Å². The molecule has 0 unspecified atom stereocenters. The van der Waals surface area contributed by atoms with E-state index in [9.17, 15) is 27.6 Å². The lowest BCUT2D eigenvalue weighted by molar-refractivity contribution is -0.151. The van der Waals surface area contributed by atoms with Gasteiger partial charge in [0, 0.05) is 35.5 Å². The van der Waals surface area contributed by atoms with Crippen LogP contribution in [0.1, 0.15) is 55.3 Å². The highest BCUT2D eigenvalue weighted by molar-refractivity contribution is 6.30. The van der Waals surface area contributed by atoms with Crippen molar-refractivity contribution < 1.29 is 36.7 Å². The molecule has 4 rings (SSSR count). The summed E-state index contributed by atoms with van der Waals surface area (Å²) >= 11 is 6.00. The molecule has 3 amide bonds. The third kappa shape index (κ3) is 6.77. The minimum Gasteiger partial charge on any atom is -0.497 e. The molecule has 1 aromatic heterocycles. The number of amides is 3. The molecule has 1 aliphatic rings. The van der Waals surface area contributed by atoms with Gasteiger partial charge in [0.25, 0.3) is 5.91 Å². The molecule has 2 N–H and O–H groups in total. The zero-order chi connectivity index (χ0) is 29.6. The van der Waals surface area contributed by atoms with Crippen molar-refractivity contribution >= 4 is 40.7 Å². The molecule has 1 aliphatic heterocycles. The van der Waals surface area contributed by atoms with Crippen LogP contribution in [0.25, 0.3) is 0 Å². The molecule has 2 aromatic carbocycles. The van der Waals surface area contributed by atoms with Gasteiger partial charge in [-0.25, -0.2) is 0 Å². The fourth-order valence-electron chi connectivity index (χ4n) is 4.32. The summed E-state index contributed by atoms with van der Waals surface area (Å²) < 4.78 is 53.7. The Morgan fingerprint density at radius 2 is 1.75 bits per heavy atom. The maximum Gasteiger partial charge on any atom is 0.409 e. The van der Waals surface area contributed by atoms with Crippen LogP contribution >= 0.6 is 11.6 Å². The molecule has 0 fully saturated rings. The first-order chi connectivity index (χ1) is 18.9. The van der Waals surface area contributed by atoms with E-state index in [1.54, 1.807) is 44.2 Å². The first kappa shape index (κ1) is 30.6. The summed E-state index contributed by atoms with van der Waals surface area (Å²) in [5.74, 6) is -1.40. The van der Waals surface area contributed by atoms with Crippen LogP contribution in [0.3, 0.4) is 0 Å². The maximum atomic E-state index is 14.4. The zero-order valence-corrected chi connectivity index (χ0v) is 22.8. The van der Waals surface area contributed by atoms with E-state index < -0.39 is 30.6 Å². The first-order valence-electron chi connectivity index (χ1n) is 12.4. The second kappa shape index (κ2) is 12.9. The summed E-state index contributed by atoms with van der Waals surface area (Å²) in [6.07, 6.45) is -3.63. The van der Waals surface area contributed by atoms with Crippen LogP contribution in [0.2, 0.25) is 5.02 Å². The molecular weight excluding hydrogens is 551 g/mol. The van der Waals surface area contributed by atoms with E-state index in [0.29, 0.717) is 33.3 Å². The molecular formula is C28H29ClF3N3O5. The number of ether oxygens (including phenoxy) is 1. The van der Waals surface area contributed by atoms with Crippen LogP contribution in [0, 0.1) is 0 Å². The molecule has 12 heteroatoms. The second-order valence-corrected chi connectivity index (χ2v) is 9.24. The highest BCUT2D eigenvalue weighted by Crippen LogP contribution is 2.48. The lowest BCUT2D eigenvalue weighted by Gasteiger charge is -2.44. The smallest absolute Gasteiger partial charge is 0.409 e. The number of carbonyl (C=O) groups is 3. The summed E-state index contributed by atoms with van der Waals surface area (Å²) in [6, 6.07) is 10.2. The van der Waals surface area contributed by atoms with Gasteiger partial charge in [-0.1, -0.05) is 25.4 Å². The highest BCUT2D eigenvalue weighted by Gasteiger charge is 2.52. The van der Waals surface area contributed by atoms with Gasteiger partial charge in [0.2, 0.25) is 11.8 Å². The number of hydrogen-bond donors (Lipinski definition) is 1. The molecule has 0 bridgehead atoms. The van der Waals surface area contributed by atoms with E-state index in [1.165, 1.54) is 42.5 Å². The minimum atomic E-state index is -4.78. The summed E-state index contributed by atoms with van der Waals surface area (Å²) in [7, 11) is 1.43. The average Bonchev–Trinajstić information content (AvgIpc) is 3.48. The summed E-state index contributed by atoms with van der Waals surface area (Å²) in [5.41, 5.74) is 5.42. The first-order valence-corrected chi connectivity index (χ1v) is 12.8. The van der Waals surface area contributed by atoms with E-state index in [0.717, 1.165) is 0 Å². The molecule has 0 saturated heterocycles. The third-order valence-electron chi connectivity index (χ3n) is 6.28. The number of alkyl halides is 3. The Morgan fingerprint density at radius 3 is 2.25 bits per heavy atom.